The van der Waals surface area contributed by atoms with Crippen molar-refractivity contribution in [2.75, 3.05) is 6.54 Å². The molecule has 0 aliphatic heterocycles. The van der Waals surface area contributed by atoms with Crippen LogP contribution in [0.15, 0.2) is 29.0 Å². The molecule has 0 amide bonds. The molecule has 84 valence electrons. The first-order valence-electron chi connectivity index (χ1n) is 5.21. The average Bonchev–Trinajstić information content (AvgIpc) is 2.78. The Kier molecular flexibility index (Phi) is 3.26. The Morgan fingerprint density at radius 1 is 1.50 bits per heavy atom. The second-order valence-electron chi connectivity index (χ2n) is 3.72. The fourth-order valence-electron chi connectivity index (χ4n) is 1.33. The van der Waals surface area contributed by atoms with E-state index >= 15 is 0 Å². The van der Waals surface area contributed by atoms with Crippen LogP contribution in [-0.2, 0) is 6.42 Å². The normalized spacial score (nSPS) is 12.6. The lowest BCUT2D eigenvalue weighted by atomic mass is 10.2. The first-order chi connectivity index (χ1) is 7.79. The molecule has 0 fully saturated rings. The Morgan fingerprint density at radius 2 is 2.38 bits per heavy atom. The van der Waals surface area contributed by atoms with Gasteiger partial charge in [-0.15, -0.1) is 0 Å². The standard InChI is InChI=1S/C11H14N4O/c1-8(6-12)11-14-10(15-16-11)5-9-3-2-4-13-7-9/h2-4,7-8H,5-6,12H2,1H3. The van der Waals surface area contributed by atoms with E-state index in [9.17, 15) is 0 Å². The van der Waals surface area contributed by atoms with Gasteiger partial charge in [-0.3, -0.25) is 4.98 Å². The molecule has 5 heteroatoms. The summed E-state index contributed by atoms with van der Waals surface area (Å²) in [6.45, 7) is 2.47. The van der Waals surface area contributed by atoms with Gasteiger partial charge in [0.2, 0.25) is 5.89 Å². The van der Waals surface area contributed by atoms with Gasteiger partial charge in [0.05, 0.1) is 0 Å². The van der Waals surface area contributed by atoms with E-state index in [0.717, 1.165) is 5.56 Å². The third kappa shape index (κ3) is 2.43. The van der Waals surface area contributed by atoms with E-state index < -0.39 is 0 Å². The summed E-state index contributed by atoms with van der Waals surface area (Å²) in [6, 6.07) is 3.87. The topological polar surface area (TPSA) is 77.8 Å². The lowest BCUT2D eigenvalue weighted by Gasteiger charge is -1.98. The van der Waals surface area contributed by atoms with Crippen LogP contribution in [0.5, 0.6) is 0 Å². The molecule has 2 aromatic heterocycles. The monoisotopic (exact) mass is 218 g/mol. The zero-order chi connectivity index (χ0) is 11.4. The minimum absolute atomic E-state index is 0.107. The van der Waals surface area contributed by atoms with Crippen molar-refractivity contribution < 1.29 is 4.52 Å². The van der Waals surface area contributed by atoms with Gasteiger partial charge in [-0.05, 0) is 11.6 Å². The highest BCUT2D eigenvalue weighted by molar-refractivity contribution is 5.13. The summed E-state index contributed by atoms with van der Waals surface area (Å²) in [4.78, 5) is 8.32. The van der Waals surface area contributed by atoms with Crippen molar-refractivity contribution in [3.8, 4) is 0 Å². The zero-order valence-corrected chi connectivity index (χ0v) is 9.13. The van der Waals surface area contributed by atoms with Crippen LogP contribution in [-0.4, -0.2) is 21.7 Å². The first kappa shape index (κ1) is 10.8. The van der Waals surface area contributed by atoms with Gasteiger partial charge in [0, 0.05) is 31.3 Å². The number of pyridine rings is 1. The Labute approximate surface area is 93.7 Å². The van der Waals surface area contributed by atoms with Gasteiger partial charge in [0.1, 0.15) is 0 Å². The Balaban J connectivity index is 2.09. The maximum Gasteiger partial charge on any atom is 0.230 e. The van der Waals surface area contributed by atoms with Crippen molar-refractivity contribution in [3.05, 3.63) is 41.8 Å². The average molecular weight is 218 g/mol. The van der Waals surface area contributed by atoms with Crippen molar-refractivity contribution in [2.24, 2.45) is 5.73 Å². The third-order valence-electron chi connectivity index (χ3n) is 2.34. The smallest absolute Gasteiger partial charge is 0.230 e. The van der Waals surface area contributed by atoms with Crippen LogP contribution in [0.4, 0.5) is 0 Å². The van der Waals surface area contributed by atoms with Crippen LogP contribution in [0.2, 0.25) is 0 Å². The number of rotatable bonds is 4. The highest BCUT2D eigenvalue weighted by Crippen LogP contribution is 2.12. The summed E-state index contributed by atoms with van der Waals surface area (Å²) >= 11 is 0. The molecule has 5 nitrogen and oxygen atoms in total. The maximum atomic E-state index is 5.53. The van der Waals surface area contributed by atoms with Gasteiger partial charge < -0.3 is 10.3 Å². The molecular weight excluding hydrogens is 204 g/mol. The lowest BCUT2D eigenvalue weighted by Crippen LogP contribution is -2.09. The largest absolute Gasteiger partial charge is 0.339 e. The molecule has 16 heavy (non-hydrogen) atoms. The molecule has 0 aromatic carbocycles. The minimum Gasteiger partial charge on any atom is -0.339 e. The molecule has 0 spiro atoms. The van der Waals surface area contributed by atoms with Crippen LogP contribution in [0.1, 0.15) is 30.1 Å². The van der Waals surface area contributed by atoms with Crippen LogP contribution >= 0.6 is 0 Å². The molecule has 2 heterocycles. The van der Waals surface area contributed by atoms with Crippen molar-refractivity contribution in [3.63, 3.8) is 0 Å². The molecule has 2 N–H and O–H groups in total. The Morgan fingerprint density at radius 3 is 3.06 bits per heavy atom. The van der Waals surface area contributed by atoms with Crippen molar-refractivity contribution in [1.82, 2.24) is 15.1 Å². The molecule has 0 bridgehead atoms. The van der Waals surface area contributed by atoms with Crippen LogP contribution in [0.3, 0.4) is 0 Å². The van der Waals surface area contributed by atoms with E-state index in [-0.39, 0.29) is 5.92 Å². The van der Waals surface area contributed by atoms with Crippen molar-refractivity contribution in [2.45, 2.75) is 19.3 Å². The fourth-order valence-corrected chi connectivity index (χ4v) is 1.33. The molecule has 1 atom stereocenters. The molecule has 0 radical (unpaired) electrons. The van der Waals surface area contributed by atoms with E-state index in [1.54, 1.807) is 12.4 Å². The molecule has 2 rings (SSSR count). The SMILES string of the molecule is CC(CN)c1nc(Cc2cccnc2)no1. The minimum atomic E-state index is 0.107. The van der Waals surface area contributed by atoms with Gasteiger partial charge in [-0.1, -0.05) is 18.1 Å². The van der Waals surface area contributed by atoms with Crippen LogP contribution in [0.25, 0.3) is 0 Å². The summed E-state index contributed by atoms with van der Waals surface area (Å²) in [7, 11) is 0. The van der Waals surface area contributed by atoms with E-state index in [2.05, 4.69) is 15.1 Å². The molecule has 1 unspecified atom stereocenters. The first-order valence-corrected chi connectivity index (χ1v) is 5.21. The molecular formula is C11H14N4O. The van der Waals surface area contributed by atoms with E-state index in [1.165, 1.54) is 0 Å². The van der Waals surface area contributed by atoms with E-state index in [4.69, 9.17) is 10.3 Å². The van der Waals surface area contributed by atoms with E-state index in [0.29, 0.717) is 24.7 Å². The number of nitrogens with two attached hydrogens (primary N) is 1. The van der Waals surface area contributed by atoms with Gasteiger partial charge in [-0.25, -0.2) is 0 Å². The number of nitrogens with zero attached hydrogens (tertiary/aromatic N) is 3. The molecule has 0 saturated carbocycles. The van der Waals surface area contributed by atoms with Crippen LogP contribution in [0, 0.1) is 0 Å². The second kappa shape index (κ2) is 4.85. The lowest BCUT2D eigenvalue weighted by molar-refractivity contribution is 0.357. The summed E-state index contributed by atoms with van der Waals surface area (Å²) in [5.41, 5.74) is 6.59. The third-order valence-corrected chi connectivity index (χ3v) is 2.34. The van der Waals surface area contributed by atoms with Gasteiger partial charge >= 0.3 is 0 Å². The summed E-state index contributed by atoms with van der Waals surface area (Å²) in [6.07, 6.45) is 4.17. The van der Waals surface area contributed by atoms with Gasteiger partial charge in [0.25, 0.3) is 0 Å². The molecule has 2 aromatic rings. The summed E-state index contributed by atoms with van der Waals surface area (Å²) in [5.74, 6) is 1.37. The Hall–Kier alpha value is -1.75. The van der Waals surface area contributed by atoms with Gasteiger partial charge in [-0.2, -0.15) is 4.98 Å². The number of hydrogen-bond acceptors (Lipinski definition) is 5. The van der Waals surface area contributed by atoms with Crippen molar-refractivity contribution >= 4 is 0 Å². The van der Waals surface area contributed by atoms with Crippen molar-refractivity contribution in [1.29, 1.82) is 0 Å². The number of hydrogen-bond donors (Lipinski definition) is 1. The highest BCUT2D eigenvalue weighted by Gasteiger charge is 2.12. The van der Waals surface area contributed by atoms with Crippen LogP contribution < -0.4 is 5.73 Å². The number of aromatic nitrogens is 3. The maximum absolute atomic E-state index is 5.53. The molecule has 0 saturated heterocycles. The quantitative estimate of drug-likeness (QED) is 0.831. The zero-order valence-electron chi connectivity index (χ0n) is 9.13. The predicted octanol–water partition coefficient (Wildman–Crippen LogP) is 1.12. The fraction of sp³-hybridized carbons (Fsp3) is 0.364. The predicted molar refractivity (Wildman–Crippen MR) is 58.8 cm³/mol. The van der Waals surface area contributed by atoms with Gasteiger partial charge in [0.15, 0.2) is 5.82 Å². The van der Waals surface area contributed by atoms with E-state index in [1.807, 2.05) is 19.1 Å². The summed E-state index contributed by atoms with van der Waals surface area (Å²) in [5, 5.41) is 3.91. The Bertz CT molecular complexity index is 440. The highest BCUT2D eigenvalue weighted by atomic mass is 16.5. The summed E-state index contributed by atoms with van der Waals surface area (Å²) < 4.78 is 5.13. The molecule has 0 aliphatic rings. The molecule has 0 aliphatic carbocycles. The second-order valence-corrected chi connectivity index (χ2v) is 3.72.